The first-order chi connectivity index (χ1) is 59.6. The number of benzene rings is 8. The van der Waals surface area contributed by atoms with E-state index in [0.717, 1.165) is 52.0 Å². The number of halogens is 4. The molecular formula is C91H76F4N10O19. The number of nitrogens with zero attached hydrogens (tertiary/aromatic N) is 10. The smallest absolute Gasteiger partial charge is 0.344 e. The van der Waals surface area contributed by atoms with Crippen LogP contribution in [0.1, 0.15) is 152 Å². The van der Waals surface area contributed by atoms with Crippen molar-refractivity contribution in [3.63, 3.8) is 0 Å². The summed E-state index contributed by atoms with van der Waals surface area (Å²) in [5.74, 6) is -9.50. The lowest BCUT2D eigenvalue weighted by Gasteiger charge is -2.31. The Morgan fingerprint density at radius 1 is 0.379 bits per heavy atom. The molecule has 4 aromatic heterocycles. The first kappa shape index (κ1) is 84.0. The zero-order valence-corrected chi connectivity index (χ0v) is 66.9. The van der Waals surface area contributed by atoms with Crippen LogP contribution in [0.25, 0.3) is 43.6 Å². The normalized spacial score (nSPS) is 14.7. The van der Waals surface area contributed by atoms with Gasteiger partial charge in [-0.25, -0.2) is 27.2 Å². The highest BCUT2D eigenvalue weighted by molar-refractivity contribution is 6.31. The number of phenols is 4. The maximum Gasteiger partial charge on any atom is 0.344 e. The van der Waals surface area contributed by atoms with Gasteiger partial charge >= 0.3 is 11.9 Å². The number of aromatic nitrogens is 4. The number of hydrogen-bond donors (Lipinski definition) is 4. The Morgan fingerprint density at radius 3 is 0.984 bits per heavy atom. The molecule has 8 amide bonds. The van der Waals surface area contributed by atoms with Gasteiger partial charge in [0.2, 0.25) is 0 Å². The second-order valence-corrected chi connectivity index (χ2v) is 30.3. The minimum atomic E-state index is -0.744. The van der Waals surface area contributed by atoms with Crippen LogP contribution in [0, 0.1) is 23.3 Å². The van der Waals surface area contributed by atoms with E-state index in [1.54, 1.807) is 88.5 Å². The van der Waals surface area contributed by atoms with Gasteiger partial charge in [0.05, 0.1) is 90.8 Å². The van der Waals surface area contributed by atoms with Gasteiger partial charge in [-0.15, -0.1) is 0 Å². The van der Waals surface area contributed by atoms with E-state index in [0.29, 0.717) is 76.2 Å². The third-order valence-electron chi connectivity index (χ3n) is 21.1. The number of phenolic OH excluding ortho intramolecular Hbond substituents is 4. The van der Waals surface area contributed by atoms with Crippen molar-refractivity contribution in [1.82, 2.24) is 39.5 Å². The largest absolute Gasteiger partial charge is 0.505 e. The van der Waals surface area contributed by atoms with Gasteiger partial charge in [-0.3, -0.25) is 77.9 Å². The summed E-state index contributed by atoms with van der Waals surface area (Å²) in [6.45, 7) is 9.30. The molecule has 8 aromatic carbocycles. The fraction of sp³-hybridized carbons (Fsp3) is 0.231. The number of amides is 8. The average Bonchev–Trinajstić information content (AvgIpc) is 1.69. The quantitative estimate of drug-likeness (QED) is 0.0374. The van der Waals surface area contributed by atoms with Gasteiger partial charge in [0, 0.05) is 72.5 Å². The van der Waals surface area contributed by atoms with E-state index >= 15 is 0 Å². The van der Waals surface area contributed by atoms with E-state index in [2.05, 4.69) is 24.8 Å². The molecule has 33 heteroatoms. The zero-order chi connectivity index (χ0) is 87.7. The van der Waals surface area contributed by atoms with E-state index < -0.39 is 107 Å². The van der Waals surface area contributed by atoms with Gasteiger partial charge in [-0.1, -0.05) is 48.5 Å². The number of carbonyl (C=O) groups excluding carboxylic acids is 10. The van der Waals surface area contributed by atoms with Gasteiger partial charge in [0.25, 0.3) is 47.3 Å². The number of esters is 2. The summed E-state index contributed by atoms with van der Waals surface area (Å²) in [6.07, 6.45) is 9.06. The fourth-order valence-electron chi connectivity index (χ4n) is 15.5. The number of morpholine rings is 1. The number of carbonyl (C=O) groups is 10. The van der Waals surface area contributed by atoms with Crippen LogP contribution in [0.15, 0.2) is 170 Å². The SMILES string of the molecule is CC(C)(C)OC(=O)COc1c2c(c(O)c3ncccc13)C(=O)N(Cc1ccc(F)cc1)C2=O.CCOC(=O)COc1c2c(c(O)c3ncccc13)C(=O)N(Cc1ccc(F)cc1)C2=O.O=C1c2c(c(O)c3ncccc3c2N2CCCCC2)C(=O)N1Cc1ccc(F)cc1.O=C1c2c(c(O)c3ncccc3c2N2CCOCC2)C(=O)N1Cc1ccc(F)cc1. The van der Waals surface area contributed by atoms with Crippen molar-refractivity contribution in [2.45, 2.75) is 78.7 Å². The topological polar surface area (TPSA) is 369 Å². The summed E-state index contributed by atoms with van der Waals surface area (Å²) in [7, 11) is 0. The Kier molecular flexibility index (Phi) is 23.7. The van der Waals surface area contributed by atoms with E-state index in [4.69, 9.17) is 23.7 Å². The molecule has 4 N–H and O–H groups in total. The summed E-state index contributed by atoms with van der Waals surface area (Å²) < 4.78 is 79.7. The van der Waals surface area contributed by atoms with E-state index in [1.807, 2.05) is 11.0 Å². The lowest BCUT2D eigenvalue weighted by molar-refractivity contribution is -0.157. The summed E-state index contributed by atoms with van der Waals surface area (Å²) in [5.41, 5.74) is 3.09. The molecule has 0 radical (unpaired) electrons. The van der Waals surface area contributed by atoms with Crippen molar-refractivity contribution in [3.05, 3.63) is 260 Å². The minimum Gasteiger partial charge on any atom is -0.505 e. The maximum atomic E-state index is 13.4. The van der Waals surface area contributed by atoms with Crippen molar-refractivity contribution in [2.24, 2.45) is 0 Å². The second kappa shape index (κ2) is 35.0. The van der Waals surface area contributed by atoms with Gasteiger partial charge in [-0.2, -0.15) is 0 Å². The summed E-state index contributed by atoms with van der Waals surface area (Å²) in [4.78, 5) is 155. The van der Waals surface area contributed by atoms with Crippen LogP contribution in [0.2, 0.25) is 0 Å². The number of piperidine rings is 1. The molecule has 0 saturated carbocycles. The number of fused-ring (bicyclic) bond motifs is 8. The van der Waals surface area contributed by atoms with Crippen molar-refractivity contribution < 1.29 is 110 Å². The predicted molar refractivity (Wildman–Crippen MR) is 439 cm³/mol. The van der Waals surface area contributed by atoms with Crippen LogP contribution in [0.5, 0.6) is 34.5 Å². The average molecular weight is 1690 g/mol. The van der Waals surface area contributed by atoms with Gasteiger partial charge < -0.3 is 53.9 Å². The summed E-state index contributed by atoms with van der Waals surface area (Å²) in [5, 5.41) is 45.0. The Bertz CT molecular complexity index is 6180. The molecule has 0 bridgehead atoms. The highest BCUT2D eigenvalue weighted by Crippen LogP contribution is 2.50. The van der Waals surface area contributed by atoms with Gasteiger partial charge in [0.1, 0.15) is 73.6 Å². The minimum absolute atomic E-state index is 0.00823. The molecule has 29 nitrogen and oxygen atoms in total. The Morgan fingerprint density at radius 2 is 0.661 bits per heavy atom. The van der Waals surface area contributed by atoms with Crippen LogP contribution in [-0.2, 0) is 50.0 Å². The molecule has 0 atom stereocenters. The third kappa shape index (κ3) is 16.4. The van der Waals surface area contributed by atoms with Crippen LogP contribution in [0.4, 0.5) is 28.9 Å². The first-order valence-corrected chi connectivity index (χ1v) is 39.3. The van der Waals surface area contributed by atoms with Crippen molar-refractivity contribution in [2.75, 3.05) is 69.0 Å². The maximum absolute atomic E-state index is 13.4. The van der Waals surface area contributed by atoms with E-state index in [-0.39, 0.29) is 133 Å². The standard InChI is InChI=1S/C24H21FN2O6.C23H20FN3O3.C22H18FN3O4.C22H17FN2O6/c1-24(2,3)33-16(28)12-32-21-15-5-4-10-26-19(15)20(29)17-18(21)23(31)27(22(17)30)11-13-6-8-14(25)9-7-13;24-15-8-6-14(7-9-15)13-27-22(29)17-18(23(27)30)21(28)19-16(5-4-10-25-19)20(17)26-11-2-1-3-12-26;23-14-5-3-13(4-6-14)12-26-21(28)16-17(22(26)29)20(27)18-15(2-1-7-24-18)19(16)25-8-10-30-11-9-25;1-2-30-15(26)11-31-20-14-4-3-9-24-18(14)19(27)16-17(20)22(29)25(21(16)28)10-12-5-7-13(23)8-6-12/h4-10,29H,11-12H2,1-3H3;4-10,28H,1-3,11-13H2;1-7,27H,8-12H2;3-9,27H,2,10-11H2,1H3. The van der Waals surface area contributed by atoms with Crippen LogP contribution < -0.4 is 19.3 Å². The second-order valence-electron chi connectivity index (χ2n) is 30.3. The van der Waals surface area contributed by atoms with Gasteiger partial charge in [-0.05, 0) is 166 Å². The number of anilines is 2. The molecule has 2 saturated heterocycles. The molecule has 18 rings (SSSR count). The molecule has 632 valence electrons. The lowest BCUT2D eigenvalue weighted by Crippen LogP contribution is -2.37. The Balaban J connectivity index is 0.000000128. The molecule has 6 aliphatic heterocycles. The third-order valence-corrected chi connectivity index (χ3v) is 21.1. The predicted octanol–water partition coefficient (Wildman–Crippen LogP) is 13.0. The number of hydrogen-bond acceptors (Lipinski definition) is 25. The molecular weight excluding hydrogens is 1610 g/mol. The van der Waals surface area contributed by atoms with Gasteiger partial charge in [0.15, 0.2) is 36.2 Å². The first-order valence-electron chi connectivity index (χ1n) is 39.3. The molecule has 0 spiro atoms. The molecule has 6 aliphatic rings. The highest BCUT2D eigenvalue weighted by atomic mass is 19.1. The number of rotatable bonds is 17. The number of aromatic hydroxyl groups is 4. The highest BCUT2D eigenvalue weighted by Gasteiger charge is 2.48. The Labute approximate surface area is 702 Å². The number of pyridine rings is 4. The van der Waals surface area contributed by atoms with E-state index in [9.17, 15) is 85.9 Å². The molecule has 12 aromatic rings. The summed E-state index contributed by atoms with van der Waals surface area (Å²) >= 11 is 0. The van der Waals surface area contributed by atoms with Crippen LogP contribution in [-0.4, -0.2) is 184 Å². The van der Waals surface area contributed by atoms with Crippen molar-refractivity contribution in [1.29, 1.82) is 0 Å². The Hall–Kier alpha value is -15.0. The van der Waals surface area contributed by atoms with Crippen molar-refractivity contribution >= 4 is 114 Å². The summed E-state index contributed by atoms with van der Waals surface area (Å²) in [6, 6.07) is 35.4. The molecule has 0 unspecified atom stereocenters. The van der Waals surface area contributed by atoms with Crippen LogP contribution in [0.3, 0.4) is 0 Å². The molecule has 2 fully saturated rings. The van der Waals surface area contributed by atoms with E-state index in [1.165, 1.54) is 104 Å². The molecule has 0 aliphatic carbocycles. The number of imide groups is 4. The monoisotopic (exact) mass is 1690 g/mol. The zero-order valence-electron chi connectivity index (χ0n) is 66.9. The fourth-order valence-corrected chi connectivity index (χ4v) is 15.5. The molecule has 10 heterocycles. The van der Waals surface area contributed by atoms with Crippen molar-refractivity contribution in [3.8, 4) is 34.5 Å². The molecule has 124 heavy (non-hydrogen) atoms. The van der Waals surface area contributed by atoms with Crippen LogP contribution >= 0.6 is 0 Å². The lowest BCUT2D eigenvalue weighted by atomic mass is 9.98. The number of ether oxygens (including phenoxy) is 5.